The van der Waals surface area contributed by atoms with E-state index < -0.39 is 5.97 Å². The highest BCUT2D eigenvalue weighted by molar-refractivity contribution is 5.71. The van der Waals surface area contributed by atoms with Crippen molar-refractivity contribution in [3.05, 3.63) is 0 Å². The Balaban J connectivity index is 2.50. The van der Waals surface area contributed by atoms with Gasteiger partial charge in [-0.25, -0.2) is 0 Å². The first-order chi connectivity index (χ1) is 4.75. The fraction of sp³-hybridized carbons (Fsp3) is 0.833. The van der Waals surface area contributed by atoms with Crippen molar-refractivity contribution in [3.8, 4) is 0 Å². The number of hydrogen-bond donors (Lipinski definition) is 3. The molecule has 0 saturated carbocycles. The average Bonchev–Trinajstić information content (AvgIpc) is 2.33. The lowest BCUT2D eigenvalue weighted by atomic mass is 9.97. The third-order valence-electron chi connectivity index (χ3n) is 1.96. The molecule has 0 spiro atoms. The van der Waals surface area contributed by atoms with Crippen molar-refractivity contribution in [1.82, 2.24) is 5.32 Å². The fourth-order valence-corrected chi connectivity index (χ4v) is 1.27. The van der Waals surface area contributed by atoms with Gasteiger partial charge < -0.3 is 16.2 Å². The number of rotatable bonds is 2. The van der Waals surface area contributed by atoms with Gasteiger partial charge in [0.05, 0.1) is 5.92 Å². The topological polar surface area (TPSA) is 75.3 Å². The lowest BCUT2D eigenvalue weighted by Gasteiger charge is -2.10. The number of carboxylic acid groups (broad SMARTS) is 1. The Morgan fingerprint density at radius 1 is 1.70 bits per heavy atom. The van der Waals surface area contributed by atoms with Crippen molar-refractivity contribution in [2.75, 3.05) is 19.6 Å². The van der Waals surface area contributed by atoms with Crippen LogP contribution in [0.15, 0.2) is 0 Å². The summed E-state index contributed by atoms with van der Waals surface area (Å²) in [6.07, 6.45) is 0. The maximum atomic E-state index is 10.5. The quantitative estimate of drug-likeness (QED) is 0.458. The van der Waals surface area contributed by atoms with E-state index >= 15 is 0 Å². The first kappa shape index (κ1) is 7.50. The summed E-state index contributed by atoms with van der Waals surface area (Å²) in [6.45, 7) is 1.77. The van der Waals surface area contributed by atoms with E-state index in [2.05, 4.69) is 5.32 Å². The summed E-state index contributed by atoms with van der Waals surface area (Å²) in [4.78, 5) is 10.5. The Labute approximate surface area is 59.4 Å². The second kappa shape index (κ2) is 2.98. The molecule has 1 fully saturated rings. The highest BCUT2D eigenvalue weighted by atomic mass is 16.4. The molecule has 0 bridgehead atoms. The molecule has 1 rings (SSSR count). The third-order valence-corrected chi connectivity index (χ3v) is 1.96. The van der Waals surface area contributed by atoms with Crippen LogP contribution in [0.1, 0.15) is 0 Å². The first-order valence-corrected chi connectivity index (χ1v) is 3.39. The lowest BCUT2D eigenvalue weighted by Crippen LogP contribution is -2.27. The van der Waals surface area contributed by atoms with Gasteiger partial charge in [-0.15, -0.1) is 0 Å². The molecule has 10 heavy (non-hydrogen) atoms. The number of hydrogen-bond acceptors (Lipinski definition) is 3. The lowest BCUT2D eigenvalue weighted by molar-refractivity contribution is -0.142. The van der Waals surface area contributed by atoms with Gasteiger partial charge in [0.25, 0.3) is 0 Å². The molecule has 58 valence electrons. The second-order valence-corrected chi connectivity index (χ2v) is 2.60. The molecule has 2 atom stereocenters. The van der Waals surface area contributed by atoms with Gasteiger partial charge in [0.2, 0.25) is 0 Å². The van der Waals surface area contributed by atoms with Crippen molar-refractivity contribution < 1.29 is 9.90 Å². The molecular formula is C6H12N2O2. The fourth-order valence-electron chi connectivity index (χ4n) is 1.27. The van der Waals surface area contributed by atoms with Crippen LogP contribution in [0.25, 0.3) is 0 Å². The van der Waals surface area contributed by atoms with E-state index in [1.807, 2.05) is 0 Å². The largest absolute Gasteiger partial charge is 0.481 e. The van der Waals surface area contributed by atoms with E-state index in [0.717, 1.165) is 6.54 Å². The molecule has 0 radical (unpaired) electrons. The number of carbonyl (C=O) groups is 1. The maximum Gasteiger partial charge on any atom is 0.308 e. The Bertz CT molecular complexity index is 138. The summed E-state index contributed by atoms with van der Waals surface area (Å²) in [5.74, 6) is -0.886. The SMILES string of the molecule is NCC1CNCC1C(=O)O. The van der Waals surface area contributed by atoms with Gasteiger partial charge in [0.15, 0.2) is 0 Å². The van der Waals surface area contributed by atoms with Gasteiger partial charge in [-0.1, -0.05) is 0 Å². The number of aliphatic carboxylic acids is 1. The summed E-state index contributed by atoms with van der Waals surface area (Å²) in [7, 11) is 0. The highest BCUT2D eigenvalue weighted by Gasteiger charge is 2.31. The minimum absolute atomic E-state index is 0.123. The summed E-state index contributed by atoms with van der Waals surface area (Å²) in [6, 6.07) is 0. The maximum absolute atomic E-state index is 10.5. The van der Waals surface area contributed by atoms with E-state index in [-0.39, 0.29) is 11.8 Å². The van der Waals surface area contributed by atoms with Crippen LogP contribution in [0.2, 0.25) is 0 Å². The molecule has 1 saturated heterocycles. The minimum atomic E-state index is -0.736. The molecule has 0 aromatic rings. The van der Waals surface area contributed by atoms with Gasteiger partial charge in [-0.3, -0.25) is 4.79 Å². The van der Waals surface area contributed by atoms with Crippen LogP contribution in [-0.4, -0.2) is 30.7 Å². The molecule has 0 aromatic carbocycles. The average molecular weight is 144 g/mol. The molecule has 1 aliphatic rings. The van der Waals surface area contributed by atoms with Crippen LogP contribution in [0.4, 0.5) is 0 Å². The van der Waals surface area contributed by atoms with Gasteiger partial charge in [-0.05, 0) is 12.5 Å². The standard InChI is InChI=1S/C6H12N2O2/c7-1-4-2-8-3-5(4)6(9)10/h4-5,8H,1-3,7H2,(H,9,10). The molecule has 1 aliphatic heterocycles. The summed E-state index contributed by atoms with van der Waals surface area (Å²) in [5, 5.41) is 11.6. The number of carboxylic acids is 1. The summed E-state index contributed by atoms with van der Waals surface area (Å²) in [5.41, 5.74) is 5.36. The molecule has 2 unspecified atom stereocenters. The van der Waals surface area contributed by atoms with Gasteiger partial charge in [0.1, 0.15) is 0 Å². The molecular weight excluding hydrogens is 132 g/mol. The number of nitrogens with one attached hydrogen (secondary N) is 1. The molecule has 0 aromatic heterocycles. The summed E-state index contributed by atoms with van der Waals surface area (Å²) < 4.78 is 0. The second-order valence-electron chi connectivity index (χ2n) is 2.60. The minimum Gasteiger partial charge on any atom is -0.481 e. The molecule has 0 aliphatic carbocycles. The van der Waals surface area contributed by atoms with Crippen molar-refractivity contribution in [1.29, 1.82) is 0 Å². The van der Waals surface area contributed by atoms with E-state index in [1.165, 1.54) is 0 Å². The predicted octanol–water partition coefficient (Wildman–Crippen LogP) is -1.13. The van der Waals surface area contributed by atoms with Crippen molar-refractivity contribution in [3.63, 3.8) is 0 Å². The van der Waals surface area contributed by atoms with Gasteiger partial charge in [0, 0.05) is 13.1 Å². The van der Waals surface area contributed by atoms with Crippen molar-refractivity contribution >= 4 is 5.97 Å². The van der Waals surface area contributed by atoms with E-state index in [4.69, 9.17) is 10.8 Å². The van der Waals surface area contributed by atoms with Crippen LogP contribution < -0.4 is 11.1 Å². The van der Waals surface area contributed by atoms with Crippen LogP contribution in [-0.2, 0) is 4.79 Å². The molecule has 4 nitrogen and oxygen atoms in total. The molecule has 4 N–H and O–H groups in total. The monoisotopic (exact) mass is 144 g/mol. The Hall–Kier alpha value is -0.610. The van der Waals surface area contributed by atoms with Crippen molar-refractivity contribution in [2.24, 2.45) is 17.6 Å². The normalized spacial score (nSPS) is 32.5. The van der Waals surface area contributed by atoms with E-state index in [0.29, 0.717) is 13.1 Å². The van der Waals surface area contributed by atoms with Crippen LogP contribution in [0.3, 0.4) is 0 Å². The zero-order chi connectivity index (χ0) is 7.56. The van der Waals surface area contributed by atoms with Gasteiger partial charge in [-0.2, -0.15) is 0 Å². The van der Waals surface area contributed by atoms with E-state index in [9.17, 15) is 4.79 Å². The smallest absolute Gasteiger partial charge is 0.308 e. The molecule has 0 amide bonds. The Kier molecular flexibility index (Phi) is 2.24. The predicted molar refractivity (Wildman–Crippen MR) is 36.5 cm³/mol. The summed E-state index contributed by atoms with van der Waals surface area (Å²) >= 11 is 0. The van der Waals surface area contributed by atoms with Crippen molar-refractivity contribution in [2.45, 2.75) is 0 Å². The van der Waals surface area contributed by atoms with E-state index in [1.54, 1.807) is 0 Å². The Morgan fingerprint density at radius 2 is 2.40 bits per heavy atom. The van der Waals surface area contributed by atoms with Crippen LogP contribution >= 0.6 is 0 Å². The van der Waals surface area contributed by atoms with Crippen LogP contribution in [0.5, 0.6) is 0 Å². The Morgan fingerprint density at radius 3 is 2.80 bits per heavy atom. The molecule has 1 heterocycles. The first-order valence-electron chi connectivity index (χ1n) is 3.39. The highest BCUT2D eigenvalue weighted by Crippen LogP contribution is 2.14. The zero-order valence-electron chi connectivity index (χ0n) is 5.71. The van der Waals surface area contributed by atoms with Crippen LogP contribution in [0, 0.1) is 11.8 Å². The van der Waals surface area contributed by atoms with Gasteiger partial charge >= 0.3 is 5.97 Å². The number of nitrogens with two attached hydrogens (primary N) is 1. The third kappa shape index (κ3) is 1.27. The molecule has 4 heteroatoms. The zero-order valence-corrected chi connectivity index (χ0v) is 5.71.